The summed E-state index contributed by atoms with van der Waals surface area (Å²) >= 11 is 0. The summed E-state index contributed by atoms with van der Waals surface area (Å²) in [5.74, 6) is -1.42. The third-order valence-corrected chi connectivity index (χ3v) is 5.01. The van der Waals surface area contributed by atoms with Crippen molar-refractivity contribution in [3.63, 3.8) is 0 Å². The maximum Gasteiger partial charge on any atom is 0.315 e. The number of amides is 2. The molecule has 0 aromatic heterocycles. The first-order valence-electron chi connectivity index (χ1n) is 7.56. The van der Waals surface area contributed by atoms with Crippen LogP contribution in [0.4, 0.5) is 4.79 Å². The fourth-order valence-corrected chi connectivity index (χ4v) is 2.94. The molecule has 0 aromatic rings. The second kappa shape index (κ2) is 5.50. The topological polar surface area (TPSA) is 78.4 Å². The van der Waals surface area contributed by atoms with Crippen LogP contribution in [-0.2, 0) is 4.79 Å². The van der Waals surface area contributed by atoms with Crippen molar-refractivity contribution in [2.24, 2.45) is 22.2 Å². The summed E-state index contributed by atoms with van der Waals surface area (Å²) in [6, 6.07) is -0.158. The Balaban J connectivity index is 2.47. The zero-order valence-corrected chi connectivity index (χ0v) is 14.3. The van der Waals surface area contributed by atoms with Gasteiger partial charge in [-0.25, -0.2) is 4.79 Å². The van der Waals surface area contributed by atoms with Crippen LogP contribution in [-0.4, -0.2) is 29.7 Å². The lowest BCUT2D eigenvalue weighted by Gasteiger charge is -2.23. The van der Waals surface area contributed by atoms with E-state index in [1.54, 1.807) is 0 Å². The van der Waals surface area contributed by atoms with Gasteiger partial charge in [-0.05, 0) is 22.7 Å². The van der Waals surface area contributed by atoms with Crippen molar-refractivity contribution in [1.82, 2.24) is 10.6 Å². The first kappa shape index (κ1) is 17.8. The average Bonchev–Trinajstić information content (AvgIpc) is 2.65. The van der Waals surface area contributed by atoms with Crippen LogP contribution in [0.15, 0.2) is 0 Å². The molecule has 1 aliphatic carbocycles. The molecule has 1 fully saturated rings. The highest BCUT2D eigenvalue weighted by atomic mass is 16.4. The van der Waals surface area contributed by atoms with E-state index < -0.39 is 11.9 Å². The van der Waals surface area contributed by atoms with E-state index in [2.05, 4.69) is 38.3 Å². The minimum atomic E-state index is -0.864. The molecule has 1 atom stereocenters. The normalized spacial score (nSPS) is 21.5. The van der Waals surface area contributed by atoms with Crippen LogP contribution in [0, 0.1) is 22.2 Å². The number of hydrogen-bond acceptors (Lipinski definition) is 2. The summed E-state index contributed by atoms with van der Waals surface area (Å²) in [5.41, 5.74) is 0.0611. The molecule has 122 valence electrons. The van der Waals surface area contributed by atoms with Crippen molar-refractivity contribution in [2.45, 2.75) is 60.9 Å². The summed E-state index contributed by atoms with van der Waals surface area (Å²) in [7, 11) is 0. The van der Waals surface area contributed by atoms with Crippen LogP contribution in [0.2, 0.25) is 0 Å². The van der Waals surface area contributed by atoms with Crippen LogP contribution in [0.25, 0.3) is 0 Å². The van der Waals surface area contributed by atoms with Gasteiger partial charge in [-0.3, -0.25) is 4.79 Å². The minimum Gasteiger partial charge on any atom is -0.481 e. The smallest absolute Gasteiger partial charge is 0.315 e. The molecule has 2 amide bonds. The fraction of sp³-hybridized carbons (Fsp3) is 0.875. The number of carboxylic acid groups (broad SMARTS) is 1. The summed E-state index contributed by atoms with van der Waals surface area (Å²) in [6.07, 6.45) is 0.531. The zero-order chi connectivity index (χ0) is 16.6. The highest BCUT2D eigenvalue weighted by Gasteiger charge is 2.65. The first-order valence-corrected chi connectivity index (χ1v) is 7.56. The molecule has 1 rings (SSSR count). The largest absolute Gasteiger partial charge is 0.481 e. The third kappa shape index (κ3) is 4.11. The van der Waals surface area contributed by atoms with E-state index in [1.165, 1.54) is 0 Å². The maximum atomic E-state index is 11.9. The van der Waals surface area contributed by atoms with E-state index in [0.717, 1.165) is 0 Å². The summed E-state index contributed by atoms with van der Waals surface area (Å²) in [5, 5.41) is 14.9. The molecule has 5 nitrogen and oxygen atoms in total. The van der Waals surface area contributed by atoms with Gasteiger partial charge in [0.15, 0.2) is 0 Å². The van der Waals surface area contributed by atoms with Gasteiger partial charge in [-0.15, -0.1) is 0 Å². The quantitative estimate of drug-likeness (QED) is 0.730. The van der Waals surface area contributed by atoms with Gasteiger partial charge in [0.05, 0.1) is 5.92 Å². The Morgan fingerprint density at radius 1 is 1.14 bits per heavy atom. The maximum absolute atomic E-state index is 11.9. The van der Waals surface area contributed by atoms with Crippen LogP contribution in [0.1, 0.15) is 54.9 Å². The summed E-state index contributed by atoms with van der Waals surface area (Å²) < 4.78 is 0. The molecule has 1 saturated carbocycles. The Morgan fingerprint density at radius 3 is 1.95 bits per heavy atom. The molecule has 0 aromatic carbocycles. The van der Waals surface area contributed by atoms with Gasteiger partial charge in [0, 0.05) is 12.6 Å². The summed E-state index contributed by atoms with van der Waals surface area (Å²) in [4.78, 5) is 23.2. The Bertz CT molecular complexity index is 408. The van der Waals surface area contributed by atoms with Crippen LogP contribution >= 0.6 is 0 Å². The second-order valence-electron chi connectivity index (χ2n) is 8.53. The van der Waals surface area contributed by atoms with Gasteiger partial charge in [-0.2, -0.15) is 0 Å². The number of rotatable bonds is 5. The Labute approximate surface area is 127 Å². The van der Waals surface area contributed by atoms with Gasteiger partial charge in [0.2, 0.25) is 0 Å². The first-order chi connectivity index (χ1) is 9.29. The van der Waals surface area contributed by atoms with E-state index in [4.69, 9.17) is 0 Å². The Hall–Kier alpha value is -1.26. The molecule has 21 heavy (non-hydrogen) atoms. The highest BCUT2D eigenvalue weighted by molar-refractivity contribution is 5.76. The number of carboxylic acids is 1. The zero-order valence-electron chi connectivity index (χ0n) is 14.3. The van der Waals surface area contributed by atoms with Gasteiger partial charge in [0.1, 0.15) is 0 Å². The monoisotopic (exact) mass is 298 g/mol. The van der Waals surface area contributed by atoms with Crippen molar-refractivity contribution < 1.29 is 14.7 Å². The van der Waals surface area contributed by atoms with Crippen molar-refractivity contribution in [3.8, 4) is 0 Å². The molecule has 0 bridgehead atoms. The Kier molecular flexibility index (Phi) is 4.66. The lowest BCUT2D eigenvalue weighted by atomic mass is 9.84. The van der Waals surface area contributed by atoms with Crippen LogP contribution in [0.5, 0.6) is 0 Å². The lowest BCUT2D eigenvalue weighted by molar-refractivity contribution is -0.142. The highest BCUT2D eigenvalue weighted by Crippen LogP contribution is 2.62. The number of aliphatic carboxylic acids is 1. The minimum absolute atomic E-state index is 0.0714. The van der Waals surface area contributed by atoms with Gasteiger partial charge >= 0.3 is 12.0 Å². The number of nitrogens with one attached hydrogen (secondary N) is 2. The van der Waals surface area contributed by atoms with Crippen molar-refractivity contribution >= 4 is 12.0 Å². The van der Waals surface area contributed by atoms with Crippen LogP contribution < -0.4 is 10.6 Å². The number of carbonyl (C=O) groups excluding carboxylic acids is 1. The molecule has 3 N–H and O–H groups in total. The lowest BCUT2D eigenvalue weighted by Crippen LogP contribution is -2.43. The van der Waals surface area contributed by atoms with Gasteiger partial charge < -0.3 is 15.7 Å². The molecule has 1 aliphatic rings. The van der Waals surface area contributed by atoms with Gasteiger partial charge in [0.25, 0.3) is 0 Å². The third-order valence-electron chi connectivity index (χ3n) is 5.01. The van der Waals surface area contributed by atoms with Crippen molar-refractivity contribution in [2.75, 3.05) is 6.54 Å². The van der Waals surface area contributed by atoms with Gasteiger partial charge in [-0.1, -0.05) is 48.5 Å². The average molecular weight is 298 g/mol. The van der Waals surface area contributed by atoms with E-state index >= 15 is 0 Å². The van der Waals surface area contributed by atoms with E-state index in [0.29, 0.717) is 6.42 Å². The fourth-order valence-electron chi connectivity index (χ4n) is 2.94. The van der Waals surface area contributed by atoms with Crippen LogP contribution in [0.3, 0.4) is 0 Å². The number of urea groups is 1. The summed E-state index contributed by atoms with van der Waals surface area (Å²) in [6.45, 7) is 14.6. The predicted molar refractivity (Wildman–Crippen MR) is 83.1 cm³/mol. The van der Waals surface area contributed by atoms with E-state index in [1.807, 2.05) is 20.8 Å². The number of hydrogen-bond donors (Lipinski definition) is 3. The molecule has 0 heterocycles. The van der Waals surface area contributed by atoms with E-state index in [-0.39, 0.29) is 34.9 Å². The van der Waals surface area contributed by atoms with E-state index in [9.17, 15) is 14.7 Å². The second-order valence-corrected chi connectivity index (χ2v) is 8.53. The predicted octanol–water partition coefficient (Wildman–Crippen LogP) is 2.86. The molecule has 5 heteroatoms. The molecular formula is C16H30N2O3. The number of carbonyl (C=O) groups is 2. The molecule has 1 unspecified atom stereocenters. The molecular weight excluding hydrogens is 268 g/mol. The molecule has 0 radical (unpaired) electrons. The Morgan fingerprint density at radius 2 is 1.62 bits per heavy atom. The SMILES string of the molecule is CC(C)(C)CC(CNC(=O)NC1C(C)(C)C1(C)C)C(=O)O. The molecule has 0 saturated heterocycles. The molecule has 0 spiro atoms. The molecule has 0 aliphatic heterocycles. The standard InChI is InChI=1S/C16H30N2O3/c1-14(2,3)8-10(11(19)20)9-17-13(21)18-12-15(4,5)16(12,6)7/h10,12H,8-9H2,1-7H3,(H,19,20)(H2,17,18,21). The van der Waals surface area contributed by atoms with Crippen molar-refractivity contribution in [3.05, 3.63) is 0 Å². The van der Waals surface area contributed by atoms with Crippen molar-refractivity contribution in [1.29, 1.82) is 0 Å².